The first-order valence-electron chi connectivity index (χ1n) is 7.41. The van der Waals surface area contributed by atoms with Crippen LogP contribution >= 0.6 is 12.4 Å². The molecule has 4 nitrogen and oxygen atoms in total. The highest BCUT2D eigenvalue weighted by Crippen LogP contribution is 2.11. The summed E-state index contributed by atoms with van der Waals surface area (Å²) in [7, 11) is 0. The number of carbonyl (C=O) groups excluding carboxylic acids is 1. The maximum absolute atomic E-state index is 12.7. The number of hydrogen-bond donors (Lipinski definition) is 2. The number of ether oxygens (including phenoxy) is 1. The smallest absolute Gasteiger partial charge is 0.239 e. The average Bonchev–Trinajstić information content (AvgIpc) is 2.44. The van der Waals surface area contributed by atoms with Crippen LogP contribution in [-0.2, 0) is 4.79 Å². The van der Waals surface area contributed by atoms with E-state index in [4.69, 9.17) is 10.5 Å². The van der Waals surface area contributed by atoms with Crippen molar-refractivity contribution in [2.45, 2.75) is 45.1 Å². The van der Waals surface area contributed by atoms with E-state index in [9.17, 15) is 9.18 Å². The van der Waals surface area contributed by atoms with Crippen LogP contribution in [0.25, 0.3) is 0 Å². The Morgan fingerprint density at radius 1 is 1.32 bits per heavy atom. The minimum absolute atomic E-state index is 0. The summed E-state index contributed by atoms with van der Waals surface area (Å²) in [6.45, 7) is 4.88. The van der Waals surface area contributed by atoms with Gasteiger partial charge in [0.25, 0.3) is 0 Å². The molecule has 0 saturated carbocycles. The topological polar surface area (TPSA) is 64.4 Å². The van der Waals surface area contributed by atoms with Crippen molar-refractivity contribution in [1.29, 1.82) is 0 Å². The molecular weight excluding hydrogens is 307 g/mol. The van der Waals surface area contributed by atoms with Crippen molar-refractivity contribution in [1.82, 2.24) is 5.32 Å². The van der Waals surface area contributed by atoms with Gasteiger partial charge in [0.15, 0.2) is 0 Å². The van der Waals surface area contributed by atoms with E-state index in [1.165, 1.54) is 12.1 Å². The third kappa shape index (κ3) is 7.61. The van der Waals surface area contributed by atoms with Gasteiger partial charge >= 0.3 is 0 Å². The van der Waals surface area contributed by atoms with E-state index in [2.05, 4.69) is 5.32 Å². The second-order valence-electron chi connectivity index (χ2n) is 5.43. The molecule has 1 amide bonds. The van der Waals surface area contributed by atoms with Gasteiger partial charge in [-0.25, -0.2) is 4.39 Å². The number of rotatable bonds is 9. The summed E-state index contributed by atoms with van der Waals surface area (Å²) in [5.41, 5.74) is 5.14. The summed E-state index contributed by atoms with van der Waals surface area (Å²) in [4.78, 5) is 11.8. The lowest BCUT2D eigenvalue weighted by atomic mass is 9.96. The molecule has 0 aromatic heterocycles. The first kappa shape index (κ1) is 20.7. The summed E-state index contributed by atoms with van der Waals surface area (Å²) in [5, 5.41) is 2.84. The monoisotopic (exact) mass is 332 g/mol. The Morgan fingerprint density at radius 3 is 2.55 bits per heavy atom. The molecule has 0 saturated heterocycles. The fourth-order valence-electron chi connectivity index (χ4n) is 1.98. The largest absolute Gasteiger partial charge is 0.494 e. The predicted octanol–water partition coefficient (Wildman–Crippen LogP) is 3.04. The number of benzene rings is 1. The lowest BCUT2D eigenvalue weighted by molar-refractivity contribution is -0.126. The molecule has 0 spiro atoms. The Morgan fingerprint density at radius 2 is 1.95 bits per heavy atom. The zero-order chi connectivity index (χ0) is 15.7. The lowest BCUT2D eigenvalue weighted by Gasteiger charge is -2.22. The van der Waals surface area contributed by atoms with Crippen molar-refractivity contribution in [3.63, 3.8) is 0 Å². The highest BCUT2D eigenvalue weighted by Gasteiger charge is 2.26. The van der Waals surface area contributed by atoms with Gasteiger partial charge in [-0.05, 0) is 50.5 Å². The van der Waals surface area contributed by atoms with E-state index in [0.29, 0.717) is 25.3 Å². The van der Waals surface area contributed by atoms with Crippen molar-refractivity contribution >= 4 is 18.3 Å². The predicted molar refractivity (Wildman–Crippen MR) is 88.9 cm³/mol. The minimum Gasteiger partial charge on any atom is -0.494 e. The van der Waals surface area contributed by atoms with Crippen LogP contribution in [0, 0.1) is 5.82 Å². The van der Waals surface area contributed by atoms with E-state index in [1.54, 1.807) is 19.1 Å². The Labute approximate surface area is 138 Å². The number of amides is 1. The van der Waals surface area contributed by atoms with Gasteiger partial charge in [0.1, 0.15) is 11.6 Å². The number of nitrogens with one attached hydrogen (secondary N) is 1. The van der Waals surface area contributed by atoms with Crippen LogP contribution in [0.15, 0.2) is 24.3 Å². The SMILES string of the molecule is CCCC(C)(N)C(=O)NCCCCOc1ccc(F)cc1.Cl. The van der Waals surface area contributed by atoms with E-state index >= 15 is 0 Å². The van der Waals surface area contributed by atoms with Crippen LogP contribution in [0.1, 0.15) is 39.5 Å². The van der Waals surface area contributed by atoms with E-state index in [1.807, 2.05) is 6.92 Å². The minimum atomic E-state index is -0.792. The van der Waals surface area contributed by atoms with E-state index < -0.39 is 5.54 Å². The first-order chi connectivity index (χ1) is 9.95. The normalized spacial score (nSPS) is 12.9. The molecule has 0 heterocycles. The number of nitrogens with two attached hydrogens (primary N) is 1. The summed E-state index contributed by atoms with van der Waals surface area (Å²) < 4.78 is 18.2. The number of halogens is 2. The maximum Gasteiger partial charge on any atom is 0.239 e. The van der Waals surface area contributed by atoms with Gasteiger partial charge in [-0.3, -0.25) is 4.79 Å². The van der Waals surface area contributed by atoms with Crippen LogP contribution in [0.4, 0.5) is 4.39 Å². The molecule has 0 aliphatic heterocycles. The van der Waals surface area contributed by atoms with Gasteiger partial charge in [0, 0.05) is 6.54 Å². The van der Waals surface area contributed by atoms with Crippen molar-refractivity contribution in [2.75, 3.05) is 13.2 Å². The molecule has 126 valence electrons. The molecular formula is C16H26ClFN2O2. The molecule has 0 aliphatic rings. The third-order valence-corrected chi connectivity index (χ3v) is 3.23. The van der Waals surface area contributed by atoms with Crippen LogP contribution in [0.2, 0.25) is 0 Å². The Kier molecular flexibility index (Phi) is 9.78. The van der Waals surface area contributed by atoms with Gasteiger partial charge in [0.2, 0.25) is 5.91 Å². The molecule has 6 heteroatoms. The van der Waals surface area contributed by atoms with Crippen LogP contribution < -0.4 is 15.8 Å². The Balaban J connectivity index is 0.00000441. The maximum atomic E-state index is 12.7. The van der Waals surface area contributed by atoms with Gasteiger partial charge in [0.05, 0.1) is 12.1 Å². The molecule has 1 atom stereocenters. The zero-order valence-electron chi connectivity index (χ0n) is 13.2. The standard InChI is InChI=1S/C16H25FN2O2.ClH/c1-3-10-16(2,18)15(20)19-11-4-5-12-21-14-8-6-13(17)7-9-14;/h6-9H,3-5,10-12,18H2,1-2H3,(H,19,20);1H. The van der Waals surface area contributed by atoms with Crippen LogP contribution in [0.3, 0.4) is 0 Å². The number of hydrogen-bond acceptors (Lipinski definition) is 3. The summed E-state index contributed by atoms with van der Waals surface area (Å²) in [5.74, 6) is 0.267. The van der Waals surface area contributed by atoms with Crippen molar-refractivity contribution < 1.29 is 13.9 Å². The summed E-state index contributed by atoms with van der Waals surface area (Å²) >= 11 is 0. The van der Waals surface area contributed by atoms with Crippen LogP contribution in [-0.4, -0.2) is 24.6 Å². The second kappa shape index (κ2) is 10.4. The molecule has 1 unspecified atom stereocenters. The molecule has 0 bridgehead atoms. The van der Waals surface area contributed by atoms with Gasteiger partial charge < -0.3 is 15.8 Å². The van der Waals surface area contributed by atoms with Gasteiger partial charge in [-0.15, -0.1) is 12.4 Å². The van der Waals surface area contributed by atoms with E-state index in [-0.39, 0.29) is 24.1 Å². The fourth-order valence-corrected chi connectivity index (χ4v) is 1.98. The molecule has 1 rings (SSSR count). The Bertz CT molecular complexity index is 438. The van der Waals surface area contributed by atoms with E-state index in [0.717, 1.165) is 19.3 Å². The highest BCUT2D eigenvalue weighted by atomic mass is 35.5. The zero-order valence-corrected chi connectivity index (χ0v) is 14.0. The molecule has 0 radical (unpaired) electrons. The van der Waals surface area contributed by atoms with Crippen LogP contribution in [0.5, 0.6) is 5.75 Å². The highest BCUT2D eigenvalue weighted by molar-refractivity contribution is 5.85. The summed E-state index contributed by atoms with van der Waals surface area (Å²) in [6.07, 6.45) is 3.18. The van der Waals surface area contributed by atoms with Crippen molar-refractivity contribution in [3.05, 3.63) is 30.1 Å². The van der Waals surface area contributed by atoms with Crippen molar-refractivity contribution in [2.24, 2.45) is 5.73 Å². The third-order valence-electron chi connectivity index (χ3n) is 3.23. The molecule has 3 N–H and O–H groups in total. The fraction of sp³-hybridized carbons (Fsp3) is 0.562. The molecule has 1 aromatic carbocycles. The lowest BCUT2D eigenvalue weighted by Crippen LogP contribution is -2.51. The number of unbranched alkanes of at least 4 members (excludes halogenated alkanes) is 1. The van der Waals surface area contributed by atoms with Gasteiger partial charge in [-0.2, -0.15) is 0 Å². The first-order valence-corrected chi connectivity index (χ1v) is 7.41. The number of carbonyl (C=O) groups is 1. The molecule has 22 heavy (non-hydrogen) atoms. The molecule has 0 aliphatic carbocycles. The van der Waals surface area contributed by atoms with Crippen molar-refractivity contribution in [3.8, 4) is 5.75 Å². The second-order valence-corrected chi connectivity index (χ2v) is 5.43. The molecule has 0 fully saturated rings. The van der Waals surface area contributed by atoms with Gasteiger partial charge in [-0.1, -0.05) is 13.3 Å². The summed E-state index contributed by atoms with van der Waals surface area (Å²) in [6, 6.07) is 5.93. The molecule has 1 aromatic rings. The Hall–Kier alpha value is -1.33. The average molecular weight is 333 g/mol. The quantitative estimate of drug-likeness (QED) is 0.683.